The van der Waals surface area contributed by atoms with Crippen LogP contribution in [0.4, 0.5) is 0 Å². The highest BCUT2D eigenvalue weighted by atomic mass is 16.5. The predicted octanol–water partition coefficient (Wildman–Crippen LogP) is 0.617. The molecule has 0 aliphatic rings. The fourth-order valence-corrected chi connectivity index (χ4v) is 0.801. The van der Waals surface area contributed by atoms with Crippen LogP contribution in [-0.2, 0) is 11.2 Å². The lowest BCUT2D eigenvalue weighted by molar-refractivity contribution is -0.107. The van der Waals surface area contributed by atoms with E-state index in [0.29, 0.717) is 24.6 Å². The molecule has 0 saturated carbocycles. The molecule has 0 unspecified atom stereocenters. The number of hydrogen-bond acceptors (Lipinski definition) is 4. The Kier molecular flexibility index (Phi) is 3.19. The van der Waals surface area contributed by atoms with Gasteiger partial charge in [0.2, 0.25) is 5.88 Å². The van der Waals surface area contributed by atoms with Crippen molar-refractivity contribution in [3.63, 3.8) is 0 Å². The van der Waals surface area contributed by atoms with Crippen molar-refractivity contribution < 1.29 is 9.53 Å². The smallest absolute Gasteiger partial charge is 0.216 e. The van der Waals surface area contributed by atoms with Crippen LogP contribution in [0.2, 0.25) is 0 Å². The van der Waals surface area contributed by atoms with Gasteiger partial charge in [-0.2, -0.15) is 0 Å². The third-order valence-corrected chi connectivity index (χ3v) is 1.28. The first-order chi connectivity index (χ1) is 5.86. The zero-order chi connectivity index (χ0) is 8.81. The Balaban J connectivity index is 2.73. The third kappa shape index (κ3) is 2.30. The Morgan fingerprint density at radius 2 is 2.42 bits per heavy atom. The number of carbonyl (C=O) groups is 1. The number of hydrogen-bond donors (Lipinski definition) is 0. The molecule has 1 rings (SSSR count). The van der Waals surface area contributed by atoms with Gasteiger partial charge >= 0.3 is 0 Å². The monoisotopic (exact) mass is 166 g/mol. The minimum atomic E-state index is 0.308. The van der Waals surface area contributed by atoms with Crippen molar-refractivity contribution in [2.75, 3.05) is 6.61 Å². The van der Waals surface area contributed by atoms with E-state index < -0.39 is 0 Å². The lowest BCUT2D eigenvalue weighted by Gasteiger charge is -2.01. The Morgan fingerprint density at radius 3 is 3.08 bits per heavy atom. The molecule has 0 spiro atoms. The van der Waals surface area contributed by atoms with Crippen molar-refractivity contribution in [3.05, 3.63) is 18.1 Å². The highest BCUT2D eigenvalue weighted by molar-refractivity contribution is 5.53. The minimum Gasteiger partial charge on any atom is -0.478 e. The number of carbonyl (C=O) groups excluding carboxylic acids is 1. The van der Waals surface area contributed by atoms with E-state index in [2.05, 4.69) is 9.97 Å². The number of aldehydes is 1. The van der Waals surface area contributed by atoms with E-state index in [9.17, 15) is 4.79 Å². The van der Waals surface area contributed by atoms with Gasteiger partial charge in [0.05, 0.1) is 12.3 Å². The molecule has 0 saturated heterocycles. The molecule has 1 heterocycles. The first-order valence-corrected chi connectivity index (χ1v) is 3.74. The Morgan fingerprint density at radius 1 is 1.58 bits per heavy atom. The van der Waals surface area contributed by atoms with Crippen molar-refractivity contribution in [1.29, 1.82) is 0 Å². The van der Waals surface area contributed by atoms with Crippen LogP contribution < -0.4 is 4.74 Å². The highest BCUT2D eigenvalue weighted by Gasteiger charge is 1.97. The molecular weight excluding hydrogens is 156 g/mol. The van der Waals surface area contributed by atoms with Gasteiger partial charge in [0.15, 0.2) is 0 Å². The first-order valence-electron chi connectivity index (χ1n) is 3.74. The molecule has 0 aromatic carbocycles. The molecule has 0 radical (unpaired) electrons. The second-order valence-electron chi connectivity index (χ2n) is 2.15. The summed E-state index contributed by atoms with van der Waals surface area (Å²) >= 11 is 0. The number of ether oxygens (including phenoxy) is 1. The standard InChI is InChI=1S/C8H10N2O2/c1-2-12-8-5-7(3-4-11)9-6-10-8/h4-6H,2-3H2,1H3. The van der Waals surface area contributed by atoms with Gasteiger partial charge in [-0.05, 0) is 6.92 Å². The van der Waals surface area contributed by atoms with E-state index in [1.54, 1.807) is 6.07 Å². The van der Waals surface area contributed by atoms with E-state index in [-0.39, 0.29) is 0 Å². The first kappa shape index (κ1) is 8.64. The molecule has 12 heavy (non-hydrogen) atoms. The molecule has 0 aliphatic carbocycles. The van der Waals surface area contributed by atoms with Gasteiger partial charge in [-0.1, -0.05) is 0 Å². The second-order valence-corrected chi connectivity index (χ2v) is 2.15. The van der Waals surface area contributed by atoms with Gasteiger partial charge in [-0.3, -0.25) is 0 Å². The number of aromatic nitrogens is 2. The molecule has 0 amide bonds. The Labute approximate surface area is 70.6 Å². The summed E-state index contributed by atoms with van der Waals surface area (Å²) in [4.78, 5) is 17.9. The fraction of sp³-hybridized carbons (Fsp3) is 0.375. The SMILES string of the molecule is CCOc1cc(CC=O)ncn1. The van der Waals surface area contributed by atoms with Crippen LogP contribution in [0.1, 0.15) is 12.6 Å². The van der Waals surface area contributed by atoms with Crippen molar-refractivity contribution in [2.24, 2.45) is 0 Å². The molecule has 1 aromatic heterocycles. The largest absolute Gasteiger partial charge is 0.478 e. The maximum atomic E-state index is 10.1. The van der Waals surface area contributed by atoms with Crippen LogP contribution in [0.3, 0.4) is 0 Å². The molecule has 0 atom stereocenters. The molecule has 64 valence electrons. The van der Waals surface area contributed by atoms with Crippen molar-refractivity contribution >= 4 is 6.29 Å². The zero-order valence-electron chi connectivity index (χ0n) is 6.86. The average molecular weight is 166 g/mol. The van der Waals surface area contributed by atoms with Crippen molar-refractivity contribution in [2.45, 2.75) is 13.3 Å². The van der Waals surface area contributed by atoms with E-state index in [4.69, 9.17) is 4.74 Å². The lowest BCUT2D eigenvalue weighted by Crippen LogP contribution is -1.98. The Bertz CT molecular complexity index is 263. The summed E-state index contributed by atoms with van der Waals surface area (Å²) in [5.74, 6) is 0.518. The second kappa shape index (κ2) is 4.43. The van der Waals surface area contributed by atoms with E-state index in [0.717, 1.165) is 6.29 Å². The van der Waals surface area contributed by atoms with Gasteiger partial charge < -0.3 is 9.53 Å². The van der Waals surface area contributed by atoms with Crippen LogP contribution in [-0.4, -0.2) is 22.9 Å². The molecule has 0 fully saturated rings. The van der Waals surface area contributed by atoms with Gasteiger partial charge in [0.1, 0.15) is 12.6 Å². The van der Waals surface area contributed by atoms with Gasteiger partial charge in [-0.15, -0.1) is 0 Å². The van der Waals surface area contributed by atoms with Gasteiger partial charge in [0, 0.05) is 12.5 Å². The highest BCUT2D eigenvalue weighted by Crippen LogP contribution is 2.05. The summed E-state index contributed by atoms with van der Waals surface area (Å²) in [7, 11) is 0. The van der Waals surface area contributed by atoms with E-state index in [1.807, 2.05) is 6.92 Å². The predicted molar refractivity (Wildman–Crippen MR) is 43.0 cm³/mol. The molecule has 4 heteroatoms. The summed E-state index contributed by atoms with van der Waals surface area (Å²) in [5.41, 5.74) is 0.684. The number of rotatable bonds is 4. The maximum Gasteiger partial charge on any atom is 0.216 e. The summed E-state index contributed by atoms with van der Waals surface area (Å²) in [6.45, 7) is 2.44. The lowest BCUT2D eigenvalue weighted by atomic mass is 10.3. The minimum absolute atomic E-state index is 0.308. The molecular formula is C8H10N2O2. The van der Waals surface area contributed by atoms with Crippen LogP contribution >= 0.6 is 0 Å². The van der Waals surface area contributed by atoms with Gasteiger partial charge in [0.25, 0.3) is 0 Å². The van der Waals surface area contributed by atoms with E-state index >= 15 is 0 Å². The number of nitrogens with zero attached hydrogens (tertiary/aromatic N) is 2. The maximum absolute atomic E-state index is 10.1. The van der Waals surface area contributed by atoms with Crippen molar-refractivity contribution in [1.82, 2.24) is 9.97 Å². The van der Waals surface area contributed by atoms with Crippen LogP contribution in [0.5, 0.6) is 5.88 Å². The van der Waals surface area contributed by atoms with Crippen LogP contribution in [0, 0.1) is 0 Å². The summed E-state index contributed by atoms with van der Waals surface area (Å²) in [5, 5.41) is 0. The Hall–Kier alpha value is -1.45. The van der Waals surface area contributed by atoms with E-state index in [1.165, 1.54) is 6.33 Å². The van der Waals surface area contributed by atoms with Crippen LogP contribution in [0.15, 0.2) is 12.4 Å². The summed E-state index contributed by atoms with van der Waals surface area (Å²) in [6.07, 6.45) is 2.50. The normalized spacial score (nSPS) is 9.42. The quantitative estimate of drug-likeness (QED) is 0.615. The summed E-state index contributed by atoms with van der Waals surface area (Å²) < 4.78 is 5.13. The molecule has 0 N–H and O–H groups in total. The molecule has 4 nitrogen and oxygen atoms in total. The molecule has 0 bridgehead atoms. The fourth-order valence-electron chi connectivity index (χ4n) is 0.801. The van der Waals surface area contributed by atoms with Crippen molar-refractivity contribution in [3.8, 4) is 5.88 Å². The molecule has 0 aliphatic heterocycles. The third-order valence-electron chi connectivity index (χ3n) is 1.28. The molecule has 1 aromatic rings. The topological polar surface area (TPSA) is 52.1 Å². The zero-order valence-corrected chi connectivity index (χ0v) is 6.86. The summed E-state index contributed by atoms with van der Waals surface area (Å²) in [6, 6.07) is 1.66. The van der Waals surface area contributed by atoms with Crippen LogP contribution in [0.25, 0.3) is 0 Å². The van der Waals surface area contributed by atoms with Gasteiger partial charge in [-0.25, -0.2) is 9.97 Å². The average Bonchev–Trinajstić information content (AvgIpc) is 2.06.